The second kappa shape index (κ2) is 6.00. The van der Waals surface area contributed by atoms with Gasteiger partial charge < -0.3 is 8.43 Å². The predicted molar refractivity (Wildman–Crippen MR) is 71.8 cm³/mol. The van der Waals surface area contributed by atoms with Gasteiger partial charge in [0.2, 0.25) is 5.83 Å². The molecule has 0 rings (SSSR count). The van der Waals surface area contributed by atoms with E-state index in [-0.39, 0.29) is 0 Å². The fourth-order valence-corrected chi connectivity index (χ4v) is 8.58. The van der Waals surface area contributed by atoms with E-state index in [1.165, 1.54) is 39.3 Å². The molecule has 20 heavy (non-hydrogen) atoms. The minimum absolute atomic E-state index is 1.41. The first-order valence-corrected chi connectivity index (χ1v) is 14.0. The Hall–Kier alpha value is -0.0262. The molecule has 0 amide bonds. The lowest BCUT2D eigenvalue weighted by Gasteiger charge is -2.34. The second-order valence-corrected chi connectivity index (χ2v) is 17.5. The molecule has 11 heteroatoms. The standard InChI is InChI=1S/C9H18F5O3PSi2/c1-19(2,3)16-18(15,17-20(4,5)6)9(13,14)7(10)8(11)12/h1-6H3. The molecular formula is C9H18F5O3PSi2. The van der Waals surface area contributed by atoms with E-state index in [4.69, 9.17) is 8.43 Å². The van der Waals surface area contributed by atoms with Crippen molar-refractivity contribution < 1.29 is 34.9 Å². The van der Waals surface area contributed by atoms with E-state index in [2.05, 4.69) is 0 Å². The molecule has 120 valence electrons. The van der Waals surface area contributed by atoms with Crippen LogP contribution in [0.15, 0.2) is 11.9 Å². The topological polar surface area (TPSA) is 35.5 Å². The van der Waals surface area contributed by atoms with Gasteiger partial charge in [-0.25, -0.2) is 0 Å². The molecule has 0 saturated heterocycles. The minimum Gasteiger partial charge on any atom is -0.347 e. The van der Waals surface area contributed by atoms with Crippen LogP contribution in [0, 0.1) is 0 Å². The van der Waals surface area contributed by atoms with Gasteiger partial charge in [-0.3, -0.25) is 4.57 Å². The van der Waals surface area contributed by atoms with E-state index >= 15 is 0 Å². The third kappa shape index (κ3) is 5.40. The normalized spacial score (nSPS) is 14.3. The summed E-state index contributed by atoms with van der Waals surface area (Å²) in [6.45, 7) is 8.48. The van der Waals surface area contributed by atoms with E-state index in [0.717, 1.165) is 0 Å². The summed E-state index contributed by atoms with van der Waals surface area (Å²) in [5, 5.41) is 0. The lowest BCUT2D eigenvalue weighted by molar-refractivity contribution is 0.0670. The Bertz CT molecular complexity index is 418. The summed E-state index contributed by atoms with van der Waals surface area (Å²) in [5.74, 6) is -3.07. The van der Waals surface area contributed by atoms with Crippen molar-refractivity contribution in [2.24, 2.45) is 0 Å². The number of halogens is 5. The van der Waals surface area contributed by atoms with E-state index in [9.17, 15) is 26.5 Å². The summed E-state index contributed by atoms with van der Waals surface area (Å²) >= 11 is 0. The van der Waals surface area contributed by atoms with E-state index in [1.54, 1.807) is 0 Å². The number of hydrogen-bond donors (Lipinski definition) is 0. The molecule has 0 bridgehead atoms. The summed E-state index contributed by atoms with van der Waals surface area (Å²) in [6, 6.07) is 0. The van der Waals surface area contributed by atoms with Gasteiger partial charge in [0.1, 0.15) is 0 Å². The third-order valence-electron chi connectivity index (χ3n) is 1.56. The molecule has 0 aromatic heterocycles. The van der Waals surface area contributed by atoms with Crippen LogP contribution in [0.25, 0.3) is 0 Å². The van der Waals surface area contributed by atoms with Crippen LogP contribution in [0.3, 0.4) is 0 Å². The molecule has 0 N–H and O–H groups in total. The van der Waals surface area contributed by atoms with Crippen molar-refractivity contribution in [2.75, 3.05) is 0 Å². The van der Waals surface area contributed by atoms with E-state index in [1.807, 2.05) is 0 Å². The molecule has 0 spiro atoms. The summed E-state index contributed by atoms with van der Waals surface area (Å²) in [4.78, 5) is 0. The number of allylic oxidation sites excluding steroid dienone is 1. The number of hydrogen-bond acceptors (Lipinski definition) is 3. The molecule has 0 aliphatic rings. The van der Waals surface area contributed by atoms with Gasteiger partial charge in [0, 0.05) is 0 Å². The van der Waals surface area contributed by atoms with Crippen LogP contribution >= 0.6 is 7.60 Å². The first-order valence-electron chi connectivity index (χ1n) is 5.62. The van der Waals surface area contributed by atoms with Crippen LogP contribution in [0.5, 0.6) is 0 Å². The van der Waals surface area contributed by atoms with Crippen molar-refractivity contribution in [1.29, 1.82) is 0 Å². The first kappa shape index (κ1) is 20.0. The molecular weight excluding hydrogens is 338 g/mol. The molecule has 0 unspecified atom stereocenters. The zero-order valence-corrected chi connectivity index (χ0v) is 15.0. The Kier molecular flexibility index (Phi) is 5.99. The largest absolute Gasteiger partial charge is 0.400 e. The highest BCUT2D eigenvalue weighted by Crippen LogP contribution is 2.67. The maximum atomic E-state index is 13.8. The van der Waals surface area contributed by atoms with Crippen LogP contribution < -0.4 is 0 Å². The van der Waals surface area contributed by atoms with Crippen LogP contribution in [-0.4, -0.2) is 22.3 Å². The molecule has 0 radical (unpaired) electrons. The van der Waals surface area contributed by atoms with E-state index in [0.29, 0.717) is 0 Å². The summed E-state index contributed by atoms with van der Waals surface area (Å²) in [5.41, 5.74) is -5.01. The van der Waals surface area contributed by atoms with Crippen molar-refractivity contribution in [3.63, 3.8) is 0 Å². The maximum absolute atomic E-state index is 13.8. The molecule has 0 aromatic carbocycles. The Balaban J connectivity index is 5.90. The maximum Gasteiger partial charge on any atom is 0.400 e. The zero-order chi connectivity index (χ0) is 16.6. The molecule has 0 fully saturated rings. The molecule has 0 aromatic rings. The Morgan fingerprint density at radius 1 is 0.900 bits per heavy atom. The molecule has 0 heterocycles. The Labute approximate surface area is 116 Å². The van der Waals surface area contributed by atoms with Crippen LogP contribution in [-0.2, 0) is 13.0 Å². The monoisotopic (exact) mass is 356 g/mol. The van der Waals surface area contributed by atoms with Crippen LogP contribution in [0.1, 0.15) is 0 Å². The SMILES string of the molecule is C[Si](C)(C)OP(=O)(O[Si](C)(C)C)C(F)(F)C(F)=C(F)F. The molecule has 0 aliphatic heterocycles. The van der Waals surface area contributed by atoms with Crippen molar-refractivity contribution in [3.05, 3.63) is 11.9 Å². The van der Waals surface area contributed by atoms with Crippen LogP contribution in [0.2, 0.25) is 39.3 Å². The van der Waals surface area contributed by atoms with Crippen molar-refractivity contribution in [1.82, 2.24) is 0 Å². The lowest BCUT2D eigenvalue weighted by atomic mass is 10.6. The fourth-order valence-electron chi connectivity index (χ4n) is 1.09. The van der Waals surface area contributed by atoms with Gasteiger partial charge in [0.05, 0.1) is 0 Å². The molecule has 0 atom stereocenters. The minimum atomic E-state index is -5.40. The lowest BCUT2D eigenvalue weighted by Crippen LogP contribution is -2.36. The molecule has 0 saturated carbocycles. The average molecular weight is 356 g/mol. The van der Waals surface area contributed by atoms with E-state index < -0.39 is 41.8 Å². The highest BCUT2D eigenvalue weighted by atomic mass is 31.2. The highest BCUT2D eigenvalue weighted by Gasteiger charge is 2.61. The van der Waals surface area contributed by atoms with Crippen LogP contribution in [0.4, 0.5) is 22.0 Å². The Morgan fingerprint density at radius 2 is 1.20 bits per heavy atom. The zero-order valence-electron chi connectivity index (χ0n) is 12.1. The quantitative estimate of drug-likeness (QED) is 0.355. The van der Waals surface area contributed by atoms with Gasteiger partial charge in [-0.1, -0.05) is 0 Å². The third-order valence-corrected chi connectivity index (χ3v) is 8.75. The van der Waals surface area contributed by atoms with Crippen molar-refractivity contribution in [3.8, 4) is 0 Å². The van der Waals surface area contributed by atoms with Gasteiger partial charge in [0.25, 0.3) is 0 Å². The molecule has 3 nitrogen and oxygen atoms in total. The molecule has 0 aliphatic carbocycles. The average Bonchev–Trinajstić information content (AvgIpc) is 2.09. The van der Waals surface area contributed by atoms with Crippen molar-refractivity contribution >= 4 is 24.2 Å². The summed E-state index contributed by atoms with van der Waals surface area (Å²) in [7, 11) is -11.1. The Morgan fingerprint density at radius 3 is 1.40 bits per heavy atom. The van der Waals surface area contributed by atoms with Gasteiger partial charge >= 0.3 is 19.3 Å². The summed E-state index contributed by atoms with van der Waals surface area (Å²) in [6.07, 6.45) is -3.24. The fraction of sp³-hybridized carbons (Fsp3) is 0.778. The van der Waals surface area contributed by atoms with Crippen molar-refractivity contribution in [2.45, 2.75) is 44.9 Å². The first-order chi connectivity index (χ1) is 8.52. The number of rotatable bonds is 6. The smallest absolute Gasteiger partial charge is 0.347 e. The van der Waals surface area contributed by atoms with Gasteiger partial charge in [-0.2, -0.15) is 22.0 Å². The number of alkyl halides is 2. The van der Waals surface area contributed by atoms with Gasteiger partial charge in [-0.05, 0) is 39.3 Å². The van der Waals surface area contributed by atoms with Gasteiger partial charge in [-0.15, -0.1) is 0 Å². The summed E-state index contributed by atoms with van der Waals surface area (Å²) < 4.78 is 86.7. The predicted octanol–water partition coefficient (Wildman–Crippen LogP) is 5.55. The highest BCUT2D eigenvalue weighted by molar-refractivity contribution is 7.58. The second-order valence-electron chi connectivity index (χ2n) is 6.02. The van der Waals surface area contributed by atoms with Gasteiger partial charge in [0.15, 0.2) is 16.6 Å².